The lowest BCUT2D eigenvalue weighted by Crippen LogP contribution is -2.31. The van der Waals surface area contributed by atoms with E-state index in [2.05, 4.69) is 34.1 Å². The lowest BCUT2D eigenvalue weighted by molar-refractivity contribution is 0.630. The highest BCUT2D eigenvalue weighted by atomic mass is 19.1. The van der Waals surface area contributed by atoms with Crippen LogP contribution in [0.25, 0.3) is 22.3 Å². The topological polar surface area (TPSA) is 29.0 Å². The van der Waals surface area contributed by atoms with Crippen LogP contribution in [0.4, 0.5) is 10.2 Å². The Morgan fingerprint density at radius 1 is 0.778 bits per heavy atom. The number of hydrogen-bond donors (Lipinski definition) is 0. The molecular formula is C23H18FN3. The predicted molar refractivity (Wildman–Crippen MR) is 106 cm³/mol. The van der Waals surface area contributed by atoms with Crippen LogP contribution in [0.2, 0.25) is 0 Å². The molecule has 5 rings (SSSR count). The molecule has 0 N–H and O–H groups in total. The zero-order chi connectivity index (χ0) is 18.2. The standard InChI is InChI=1S/C23H18FN3/c24-20-11-5-3-9-18(20)22-25-21-12-6-4-10-19(21)23(26-22)27-14-13-16-7-1-2-8-17(16)15-27/h1-12H,13-15H2. The highest BCUT2D eigenvalue weighted by Gasteiger charge is 2.21. The first kappa shape index (κ1) is 15.9. The minimum absolute atomic E-state index is 0.303. The molecule has 0 aliphatic carbocycles. The molecule has 0 spiro atoms. The third kappa shape index (κ3) is 2.83. The van der Waals surface area contributed by atoms with Gasteiger partial charge in [0, 0.05) is 18.5 Å². The minimum atomic E-state index is -0.303. The van der Waals surface area contributed by atoms with Crippen molar-refractivity contribution in [1.82, 2.24) is 9.97 Å². The van der Waals surface area contributed by atoms with E-state index < -0.39 is 0 Å². The largest absolute Gasteiger partial charge is 0.351 e. The van der Waals surface area contributed by atoms with Crippen molar-refractivity contribution in [1.29, 1.82) is 0 Å². The zero-order valence-corrected chi connectivity index (χ0v) is 14.8. The molecule has 3 nitrogen and oxygen atoms in total. The van der Waals surface area contributed by atoms with Crippen molar-refractivity contribution in [3.63, 3.8) is 0 Å². The van der Waals surface area contributed by atoms with E-state index in [0.717, 1.165) is 36.2 Å². The molecule has 0 fully saturated rings. The van der Waals surface area contributed by atoms with Gasteiger partial charge in [0.05, 0.1) is 11.1 Å². The van der Waals surface area contributed by atoms with Gasteiger partial charge in [0.15, 0.2) is 5.82 Å². The van der Waals surface area contributed by atoms with Crippen LogP contribution in [0.3, 0.4) is 0 Å². The summed E-state index contributed by atoms with van der Waals surface area (Å²) in [6.45, 7) is 1.68. The summed E-state index contributed by atoms with van der Waals surface area (Å²) in [6, 6.07) is 23.1. The van der Waals surface area contributed by atoms with Crippen LogP contribution in [-0.4, -0.2) is 16.5 Å². The van der Waals surface area contributed by atoms with Crippen LogP contribution in [0.15, 0.2) is 72.8 Å². The summed E-state index contributed by atoms with van der Waals surface area (Å²) in [4.78, 5) is 11.7. The Bertz CT molecular complexity index is 1140. The number of hydrogen-bond acceptors (Lipinski definition) is 3. The monoisotopic (exact) mass is 355 g/mol. The Hall–Kier alpha value is -3.27. The van der Waals surface area contributed by atoms with Gasteiger partial charge >= 0.3 is 0 Å². The molecule has 0 saturated heterocycles. The van der Waals surface area contributed by atoms with Crippen molar-refractivity contribution in [3.8, 4) is 11.4 Å². The maximum Gasteiger partial charge on any atom is 0.165 e. The Balaban J connectivity index is 1.67. The van der Waals surface area contributed by atoms with Crippen LogP contribution in [-0.2, 0) is 13.0 Å². The van der Waals surface area contributed by atoms with E-state index in [4.69, 9.17) is 4.98 Å². The lowest BCUT2D eigenvalue weighted by Gasteiger charge is -2.30. The Morgan fingerprint density at radius 3 is 2.41 bits per heavy atom. The van der Waals surface area contributed by atoms with E-state index in [1.165, 1.54) is 17.2 Å². The number of nitrogens with zero attached hydrogens (tertiary/aromatic N) is 3. The first-order chi connectivity index (χ1) is 13.3. The smallest absolute Gasteiger partial charge is 0.165 e. The van der Waals surface area contributed by atoms with Crippen LogP contribution in [0.1, 0.15) is 11.1 Å². The molecule has 2 heterocycles. The van der Waals surface area contributed by atoms with Gasteiger partial charge in [-0.3, -0.25) is 0 Å². The fraction of sp³-hybridized carbons (Fsp3) is 0.130. The second-order valence-corrected chi connectivity index (χ2v) is 6.81. The van der Waals surface area contributed by atoms with Crippen LogP contribution in [0.5, 0.6) is 0 Å². The van der Waals surface area contributed by atoms with Crippen LogP contribution < -0.4 is 4.90 Å². The third-order valence-electron chi connectivity index (χ3n) is 5.13. The fourth-order valence-electron chi connectivity index (χ4n) is 3.74. The summed E-state index contributed by atoms with van der Waals surface area (Å²) in [6.07, 6.45) is 0.976. The van der Waals surface area contributed by atoms with E-state index in [1.807, 2.05) is 30.3 Å². The average molecular weight is 355 g/mol. The predicted octanol–water partition coefficient (Wildman–Crippen LogP) is 5.00. The van der Waals surface area contributed by atoms with Crippen molar-refractivity contribution in [2.24, 2.45) is 0 Å². The van der Waals surface area contributed by atoms with Gasteiger partial charge in [-0.15, -0.1) is 0 Å². The van der Waals surface area contributed by atoms with Crippen molar-refractivity contribution < 1.29 is 4.39 Å². The van der Waals surface area contributed by atoms with Gasteiger partial charge in [-0.2, -0.15) is 0 Å². The first-order valence-electron chi connectivity index (χ1n) is 9.13. The van der Waals surface area contributed by atoms with E-state index in [9.17, 15) is 4.39 Å². The molecule has 1 aromatic heterocycles. The molecule has 4 heteroatoms. The molecule has 132 valence electrons. The summed E-state index contributed by atoms with van der Waals surface area (Å²) >= 11 is 0. The van der Waals surface area contributed by atoms with Gasteiger partial charge in [0.1, 0.15) is 11.6 Å². The molecule has 4 aromatic rings. The van der Waals surface area contributed by atoms with Crippen molar-refractivity contribution in [2.75, 3.05) is 11.4 Å². The van der Waals surface area contributed by atoms with E-state index >= 15 is 0 Å². The van der Waals surface area contributed by atoms with E-state index in [1.54, 1.807) is 12.1 Å². The lowest BCUT2D eigenvalue weighted by atomic mass is 9.99. The SMILES string of the molecule is Fc1ccccc1-c1nc(N2CCc3ccccc3C2)c2ccccc2n1. The Labute approximate surface area is 157 Å². The van der Waals surface area contributed by atoms with Gasteiger partial charge in [0.25, 0.3) is 0 Å². The number of para-hydroxylation sites is 1. The van der Waals surface area contributed by atoms with E-state index in [-0.39, 0.29) is 5.82 Å². The normalized spacial score (nSPS) is 13.6. The number of anilines is 1. The molecule has 1 aliphatic heterocycles. The van der Waals surface area contributed by atoms with Crippen LogP contribution >= 0.6 is 0 Å². The average Bonchev–Trinajstić information content (AvgIpc) is 2.73. The molecule has 3 aromatic carbocycles. The van der Waals surface area contributed by atoms with Gasteiger partial charge in [-0.1, -0.05) is 48.5 Å². The number of rotatable bonds is 2. The second-order valence-electron chi connectivity index (χ2n) is 6.81. The molecule has 1 aliphatic rings. The summed E-state index contributed by atoms with van der Waals surface area (Å²) in [5, 5.41) is 0.997. The van der Waals surface area contributed by atoms with E-state index in [0.29, 0.717) is 11.4 Å². The molecule has 27 heavy (non-hydrogen) atoms. The number of benzene rings is 3. The number of fused-ring (bicyclic) bond motifs is 2. The molecule has 0 amide bonds. The van der Waals surface area contributed by atoms with Gasteiger partial charge in [-0.25, -0.2) is 14.4 Å². The zero-order valence-electron chi connectivity index (χ0n) is 14.8. The maximum atomic E-state index is 14.4. The molecular weight excluding hydrogens is 337 g/mol. The summed E-state index contributed by atoms with van der Waals surface area (Å²) in [5.41, 5.74) is 3.97. The molecule has 0 saturated carbocycles. The second kappa shape index (κ2) is 6.47. The summed E-state index contributed by atoms with van der Waals surface area (Å²) < 4.78 is 14.4. The molecule has 0 unspecified atom stereocenters. The maximum absolute atomic E-state index is 14.4. The summed E-state index contributed by atoms with van der Waals surface area (Å²) in [5.74, 6) is 0.997. The van der Waals surface area contributed by atoms with Gasteiger partial charge < -0.3 is 4.90 Å². The Kier molecular flexibility index (Phi) is 3.82. The quantitative estimate of drug-likeness (QED) is 0.507. The van der Waals surface area contributed by atoms with Gasteiger partial charge in [-0.05, 0) is 41.8 Å². The van der Waals surface area contributed by atoms with Crippen molar-refractivity contribution in [3.05, 3.63) is 89.7 Å². The highest BCUT2D eigenvalue weighted by molar-refractivity contribution is 5.91. The third-order valence-corrected chi connectivity index (χ3v) is 5.13. The molecule has 0 radical (unpaired) electrons. The minimum Gasteiger partial charge on any atom is -0.351 e. The van der Waals surface area contributed by atoms with Crippen LogP contribution in [0, 0.1) is 5.82 Å². The van der Waals surface area contributed by atoms with Crippen molar-refractivity contribution in [2.45, 2.75) is 13.0 Å². The summed E-state index contributed by atoms with van der Waals surface area (Å²) in [7, 11) is 0. The molecule has 0 atom stereocenters. The fourth-order valence-corrected chi connectivity index (χ4v) is 3.74. The van der Waals surface area contributed by atoms with Gasteiger partial charge in [0.2, 0.25) is 0 Å². The number of aromatic nitrogens is 2. The highest BCUT2D eigenvalue weighted by Crippen LogP contribution is 2.31. The number of halogens is 1. The first-order valence-corrected chi connectivity index (χ1v) is 9.13. The Morgan fingerprint density at radius 2 is 1.52 bits per heavy atom. The van der Waals surface area contributed by atoms with Crippen molar-refractivity contribution >= 4 is 16.7 Å². The molecule has 0 bridgehead atoms.